The maximum atomic E-state index is 12.5. The van der Waals surface area contributed by atoms with E-state index in [4.69, 9.17) is 11.6 Å². The summed E-state index contributed by atoms with van der Waals surface area (Å²) in [5.74, 6) is -0.598. The third-order valence-electron chi connectivity index (χ3n) is 4.24. The van der Waals surface area contributed by atoms with Gasteiger partial charge >= 0.3 is 0 Å². The van der Waals surface area contributed by atoms with Crippen molar-refractivity contribution in [2.45, 2.75) is 18.2 Å². The number of aryl methyl sites for hydroxylation is 1. The molecule has 6 heteroatoms. The van der Waals surface area contributed by atoms with Crippen LogP contribution in [-0.2, 0) is 9.59 Å². The highest BCUT2D eigenvalue weighted by atomic mass is 35.5. The predicted octanol–water partition coefficient (Wildman–Crippen LogP) is 4.36. The molecule has 130 valence electrons. The molecule has 0 aromatic heterocycles. The quantitative estimate of drug-likeness (QED) is 0.809. The zero-order valence-corrected chi connectivity index (χ0v) is 15.7. The normalized spacial score (nSPS) is 17.0. The molecule has 0 radical (unpaired) electrons. The third kappa shape index (κ3) is 3.99. The van der Waals surface area contributed by atoms with E-state index in [1.807, 2.05) is 43.5 Å². The van der Waals surface area contributed by atoms with Crippen molar-refractivity contribution in [1.29, 1.82) is 0 Å². The number of benzene rings is 2. The molecule has 0 spiro atoms. The summed E-state index contributed by atoms with van der Waals surface area (Å²) in [5, 5.41) is 3.34. The second kappa shape index (κ2) is 7.50. The minimum absolute atomic E-state index is 0.0339. The average molecular weight is 375 g/mol. The Hall–Kier alpha value is -1.98. The fraction of sp³-hybridized carbons (Fsp3) is 0.263. The first kappa shape index (κ1) is 17.8. The molecule has 1 aliphatic rings. The molecule has 1 N–H and O–H groups in total. The largest absolute Gasteiger partial charge is 0.324 e. The summed E-state index contributed by atoms with van der Waals surface area (Å²) >= 11 is 7.80. The van der Waals surface area contributed by atoms with Gasteiger partial charge in [0.1, 0.15) is 0 Å². The van der Waals surface area contributed by atoms with Gasteiger partial charge in [0.2, 0.25) is 11.8 Å². The van der Waals surface area contributed by atoms with E-state index in [0.717, 1.165) is 16.1 Å². The van der Waals surface area contributed by atoms with Gasteiger partial charge < -0.3 is 10.2 Å². The Morgan fingerprint density at radius 3 is 2.80 bits per heavy atom. The molecule has 3 rings (SSSR count). The number of carbonyl (C=O) groups is 2. The van der Waals surface area contributed by atoms with E-state index in [1.165, 1.54) is 0 Å². The third-order valence-corrected chi connectivity index (χ3v) is 5.28. The zero-order chi connectivity index (χ0) is 18.0. The number of nitrogens with zero attached hydrogens (tertiary/aromatic N) is 1. The van der Waals surface area contributed by atoms with E-state index < -0.39 is 0 Å². The van der Waals surface area contributed by atoms with Crippen LogP contribution in [-0.4, -0.2) is 24.6 Å². The van der Waals surface area contributed by atoms with E-state index in [-0.39, 0.29) is 24.2 Å². The number of amides is 2. The van der Waals surface area contributed by atoms with Gasteiger partial charge in [-0.15, -0.1) is 11.8 Å². The van der Waals surface area contributed by atoms with E-state index >= 15 is 0 Å². The number of hydrogen-bond acceptors (Lipinski definition) is 3. The van der Waals surface area contributed by atoms with Crippen LogP contribution in [0.15, 0.2) is 47.4 Å². The van der Waals surface area contributed by atoms with Crippen LogP contribution in [0, 0.1) is 12.8 Å². The molecule has 2 amide bonds. The Labute approximate surface area is 156 Å². The number of anilines is 2. The van der Waals surface area contributed by atoms with Gasteiger partial charge in [-0.1, -0.05) is 23.7 Å². The minimum atomic E-state index is -0.386. The molecule has 1 fully saturated rings. The summed E-state index contributed by atoms with van der Waals surface area (Å²) in [6.07, 6.45) is 2.20. The van der Waals surface area contributed by atoms with E-state index in [0.29, 0.717) is 17.3 Å². The average Bonchev–Trinajstić information content (AvgIpc) is 2.99. The smallest absolute Gasteiger partial charge is 0.229 e. The number of halogens is 1. The summed E-state index contributed by atoms with van der Waals surface area (Å²) in [7, 11) is 0. The van der Waals surface area contributed by atoms with E-state index in [2.05, 4.69) is 5.32 Å². The van der Waals surface area contributed by atoms with E-state index in [9.17, 15) is 9.59 Å². The fourth-order valence-electron chi connectivity index (χ4n) is 2.87. The first-order valence-corrected chi connectivity index (χ1v) is 9.59. The molecule has 0 aliphatic carbocycles. The second-order valence-electron chi connectivity index (χ2n) is 6.08. The highest BCUT2D eigenvalue weighted by molar-refractivity contribution is 7.98. The molecule has 2 aromatic rings. The summed E-state index contributed by atoms with van der Waals surface area (Å²) in [6.45, 7) is 2.32. The zero-order valence-electron chi connectivity index (χ0n) is 14.1. The Morgan fingerprint density at radius 1 is 1.28 bits per heavy atom. The van der Waals surface area contributed by atoms with Gasteiger partial charge in [0.25, 0.3) is 0 Å². The number of nitrogens with one attached hydrogen (secondary N) is 1. The first-order chi connectivity index (χ1) is 12.0. The van der Waals surface area contributed by atoms with Crippen molar-refractivity contribution in [3.8, 4) is 0 Å². The van der Waals surface area contributed by atoms with Crippen molar-refractivity contribution in [2.24, 2.45) is 5.92 Å². The van der Waals surface area contributed by atoms with Crippen LogP contribution in [0.2, 0.25) is 5.02 Å². The lowest BCUT2D eigenvalue weighted by Crippen LogP contribution is -2.28. The van der Waals surface area contributed by atoms with Crippen LogP contribution in [0.5, 0.6) is 0 Å². The number of thioether (sulfide) groups is 1. The van der Waals surface area contributed by atoms with Gasteiger partial charge in [0.05, 0.1) is 16.6 Å². The lowest BCUT2D eigenvalue weighted by molar-refractivity contribution is -0.122. The summed E-state index contributed by atoms with van der Waals surface area (Å²) in [5.41, 5.74) is 2.44. The molecule has 0 saturated carbocycles. The van der Waals surface area contributed by atoms with Gasteiger partial charge in [0.15, 0.2) is 0 Å². The molecular formula is C19H19ClN2O2S. The number of carbonyl (C=O) groups excluding carboxylic acids is 2. The fourth-order valence-corrected chi connectivity index (χ4v) is 3.60. The molecule has 1 aliphatic heterocycles. The van der Waals surface area contributed by atoms with Crippen molar-refractivity contribution >= 4 is 46.6 Å². The van der Waals surface area contributed by atoms with Crippen LogP contribution in [0.1, 0.15) is 12.0 Å². The SMILES string of the molecule is CSc1cccc(N2CC(C(=O)Nc3ccc(C)cc3Cl)CC2=O)c1. The molecule has 25 heavy (non-hydrogen) atoms. The summed E-state index contributed by atoms with van der Waals surface area (Å²) in [6, 6.07) is 13.3. The molecule has 1 saturated heterocycles. The molecule has 0 bridgehead atoms. The summed E-state index contributed by atoms with van der Waals surface area (Å²) in [4.78, 5) is 27.7. The van der Waals surface area contributed by atoms with Crippen molar-refractivity contribution < 1.29 is 9.59 Å². The molecule has 4 nitrogen and oxygen atoms in total. The lowest BCUT2D eigenvalue weighted by Gasteiger charge is -2.17. The number of hydrogen-bond donors (Lipinski definition) is 1. The first-order valence-electron chi connectivity index (χ1n) is 7.99. The molecule has 1 heterocycles. The predicted molar refractivity (Wildman–Crippen MR) is 104 cm³/mol. The standard InChI is InChI=1S/C19H19ClN2O2S/c1-12-6-7-17(16(20)8-12)21-19(24)13-9-18(23)22(11-13)14-4-3-5-15(10-14)25-2/h3-8,10,13H,9,11H2,1-2H3,(H,21,24). The van der Waals surface area contributed by atoms with Gasteiger partial charge in [-0.05, 0) is 49.1 Å². The van der Waals surface area contributed by atoms with Crippen LogP contribution >= 0.6 is 23.4 Å². The summed E-state index contributed by atoms with van der Waals surface area (Å²) < 4.78 is 0. The molecule has 1 atom stereocenters. The van der Waals surface area contributed by atoms with Crippen molar-refractivity contribution in [3.05, 3.63) is 53.1 Å². The molecule has 1 unspecified atom stereocenters. The van der Waals surface area contributed by atoms with Gasteiger partial charge in [0, 0.05) is 23.5 Å². The van der Waals surface area contributed by atoms with Crippen LogP contribution in [0.3, 0.4) is 0 Å². The Morgan fingerprint density at radius 2 is 2.08 bits per heavy atom. The monoisotopic (exact) mass is 374 g/mol. The van der Waals surface area contributed by atoms with Crippen LogP contribution < -0.4 is 10.2 Å². The maximum absolute atomic E-state index is 12.5. The van der Waals surface area contributed by atoms with Crippen LogP contribution in [0.4, 0.5) is 11.4 Å². The van der Waals surface area contributed by atoms with E-state index in [1.54, 1.807) is 28.8 Å². The second-order valence-corrected chi connectivity index (χ2v) is 7.37. The Kier molecular flexibility index (Phi) is 5.35. The van der Waals surface area contributed by atoms with Gasteiger partial charge in [-0.2, -0.15) is 0 Å². The Bertz CT molecular complexity index is 825. The minimum Gasteiger partial charge on any atom is -0.324 e. The molecular weight excluding hydrogens is 356 g/mol. The van der Waals surface area contributed by atoms with Crippen molar-refractivity contribution in [3.63, 3.8) is 0 Å². The highest BCUT2D eigenvalue weighted by Crippen LogP contribution is 2.30. The van der Waals surface area contributed by atoms with Crippen molar-refractivity contribution in [1.82, 2.24) is 0 Å². The van der Waals surface area contributed by atoms with Gasteiger partial charge in [-0.3, -0.25) is 9.59 Å². The Balaban J connectivity index is 1.72. The molecule has 2 aromatic carbocycles. The topological polar surface area (TPSA) is 49.4 Å². The maximum Gasteiger partial charge on any atom is 0.229 e. The lowest BCUT2D eigenvalue weighted by atomic mass is 10.1. The van der Waals surface area contributed by atoms with Gasteiger partial charge in [-0.25, -0.2) is 0 Å². The van der Waals surface area contributed by atoms with Crippen LogP contribution in [0.25, 0.3) is 0 Å². The van der Waals surface area contributed by atoms with Crippen molar-refractivity contribution in [2.75, 3.05) is 23.0 Å². The number of rotatable bonds is 4. The highest BCUT2D eigenvalue weighted by Gasteiger charge is 2.35.